The zero-order chi connectivity index (χ0) is 18.7. The number of carbonyl (C=O) groups excluding carboxylic acids is 2. The molecule has 2 aromatic carbocycles. The molecule has 1 aliphatic rings. The summed E-state index contributed by atoms with van der Waals surface area (Å²) in [6.07, 6.45) is 0.323. The highest BCUT2D eigenvalue weighted by molar-refractivity contribution is 9.10. The average molecular weight is 416 g/mol. The van der Waals surface area contributed by atoms with Crippen LogP contribution in [0.4, 0.5) is 10.5 Å². The Balaban J connectivity index is 1.59. The quantitative estimate of drug-likeness (QED) is 0.783. The molecule has 1 saturated heterocycles. The fourth-order valence-electron chi connectivity index (χ4n) is 3.23. The monoisotopic (exact) mass is 415 g/mol. The van der Waals surface area contributed by atoms with Gasteiger partial charge in [0.05, 0.1) is 12.1 Å². The van der Waals surface area contributed by atoms with Crippen LogP contribution in [0.3, 0.4) is 0 Å². The lowest BCUT2D eigenvalue weighted by molar-refractivity contribution is -0.129. The Hall–Kier alpha value is -2.34. The molecule has 0 bridgehead atoms. The van der Waals surface area contributed by atoms with Crippen molar-refractivity contribution in [2.45, 2.75) is 32.4 Å². The van der Waals surface area contributed by atoms with E-state index in [4.69, 9.17) is 0 Å². The van der Waals surface area contributed by atoms with Gasteiger partial charge in [-0.25, -0.2) is 4.79 Å². The molecule has 1 aliphatic heterocycles. The first-order valence-electron chi connectivity index (χ1n) is 8.62. The van der Waals surface area contributed by atoms with Crippen molar-refractivity contribution < 1.29 is 9.59 Å². The van der Waals surface area contributed by atoms with Gasteiger partial charge in [0.1, 0.15) is 0 Å². The predicted octanol–water partition coefficient (Wildman–Crippen LogP) is 4.24. The SMILES string of the molecule is Cc1cc(Br)ccc1NC(=O)NC1CC(=O)N(C(C)c2ccccc2)C1. The number of amides is 3. The minimum absolute atomic E-state index is 0.00715. The molecule has 1 fully saturated rings. The topological polar surface area (TPSA) is 61.4 Å². The molecule has 6 heteroatoms. The van der Waals surface area contributed by atoms with Gasteiger partial charge in [-0.2, -0.15) is 0 Å². The molecule has 3 amide bonds. The van der Waals surface area contributed by atoms with E-state index < -0.39 is 0 Å². The molecule has 1 heterocycles. The second-order valence-corrected chi connectivity index (χ2v) is 7.51. The third kappa shape index (κ3) is 4.25. The third-order valence-electron chi connectivity index (χ3n) is 4.68. The van der Waals surface area contributed by atoms with Gasteiger partial charge in [0.15, 0.2) is 0 Å². The van der Waals surface area contributed by atoms with Crippen molar-refractivity contribution in [3.05, 3.63) is 64.1 Å². The number of anilines is 1. The number of nitrogens with one attached hydrogen (secondary N) is 2. The smallest absolute Gasteiger partial charge is 0.319 e. The van der Waals surface area contributed by atoms with E-state index in [0.717, 1.165) is 21.3 Å². The molecule has 0 radical (unpaired) electrons. The minimum Gasteiger partial charge on any atom is -0.334 e. The lowest BCUT2D eigenvalue weighted by atomic mass is 10.1. The van der Waals surface area contributed by atoms with E-state index in [1.807, 2.05) is 67.3 Å². The Bertz CT molecular complexity index is 810. The molecule has 2 atom stereocenters. The van der Waals surface area contributed by atoms with Crippen LogP contribution in [0.5, 0.6) is 0 Å². The second kappa shape index (κ2) is 7.91. The van der Waals surface area contributed by atoms with Crippen LogP contribution in [-0.4, -0.2) is 29.4 Å². The molecular weight excluding hydrogens is 394 g/mol. The predicted molar refractivity (Wildman–Crippen MR) is 106 cm³/mol. The number of hydrogen-bond acceptors (Lipinski definition) is 2. The van der Waals surface area contributed by atoms with Crippen LogP contribution in [0.1, 0.15) is 30.5 Å². The van der Waals surface area contributed by atoms with Crippen molar-refractivity contribution in [3.63, 3.8) is 0 Å². The summed E-state index contributed by atoms with van der Waals surface area (Å²) in [5, 5.41) is 5.77. The van der Waals surface area contributed by atoms with Crippen LogP contribution < -0.4 is 10.6 Å². The molecule has 0 aliphatic carbocycles. The fourth-order valence-corrected chi connectivity index (χ4v) is 3.70. The van der Waals surface area contributed by atoms with Crippen molar-refractivity contribution in [1.29, 1.82) is 0 Å². The van der Waals surface area contributed by atoms with Crippen LogP contribution in [-0.2, 0) is 4.79 Å². The summed E-state index contributed by atoms with van der Waals surface area (Å²) in [4.78, 5) is 26.5. The van der Waals surface area contributed by atoms with Crippen molar-refractivity contribution >= 4 is 33.6 Å². The van der Waals surface area contributed by atoms with Crippen molar-refractivity contribution in [1.82, 2.24) is 10.2 Å². The molecule has 5 nitrogen and oxygen atoms in total. The van der Waals surface area contributed by atoms with Crippen LogP contribution in [0, 0.1) is 6.92 Å². The Morgan fingerprint density at radius 3 is 2.65 bits per heavy atom. The third-order valence-corrected chi connectivity index (χ3v) is 5.17. The van der Waals surface area contributed by atoms with Gasteiger partial charge in [-0.05, 0) is 43.2 Å². The largest absolute Gasteiger partial charge is 0.334 e. The normalized spacial score (nSPS) is 17.9. The number of benzene rings is 2. The summed E-state index contributed by atoms with van der Waals surface area (Å²) in [6.45, 7) is 4.46. The van der Waals surface area contributed by atoms with E-state index in [1.165, 1.54) is 0 Å². The summed E-state index contributed by atoms with van der Waals surface area (Å²) in [5.41, 5.74) is 2.82. The molecule has 0 spiro atoms. The maximum atomic E-state index is 12.4. The van der Waals surface area contributed by atoms with E-state index in [-0.39, 0.29) is 24.0 Å². The van der Waals surface area contributed by atoms with E-state index in [1.54, 1.807) is 0 Å². The molecule has 2 N–H and O–H groups in total. The first-order chi connectivity index (χ1) is 12.4. The summed E-state index contributed by atoms with van der Waals surface area (Å²) in [7, 11) is 0. The standard InChI is InChI=1S/C20H22BrN3O2/c1-13-10-16(21)8-9-18(13)23-20(26)22-17-11-19(25)24(12-17)14(2)15-6-4-3-5-7-15/h3-10,14,17H,11-12H2,1-2H3,(H2,22,23,26). The van der Waals surface area contributed by atoms with E-state index >= 15 is 0 Å². The highest BCUT2D eigenvalue weighted by atomic mass is 79.9. The van der Waals surface area contributed by atoms with Gasteiger partial charge in [0.2, 0.25) is 5.91 Å². The fraction of sp³-hybridized carbons (Fsp3) is 0.300. The first-order valence-corrected chi connectivity index (χ1v) is 9.41. The summed E-state index contributed by atoms with van der Waals surface area (Å²) in [5.74, 6) is 0.0616. The van der Waals surface area contributed by atoms with E-state index in [2.05, 4.69) is 26.6 Å². The van der Waals surface area contributed by atoms with Gasteiger partial charge in [0.25, 0.3) is 0 Å². The number of urea groups is 1. The van der Waals surface area contributed by atoms with Gasteiger partial charge in [-0.15, -0.1) is 0 Å². The zero-order valence-electron chi connectivity index (χ0n) is 14.8. The molecule has 0 aromatic heterocycles. The molecule has 2 aromatic rings. The molecular formula is C20H22BrN3O2. The van der Waals surface area contributed by atoms with Crippen molar-refractivity contribution in [3.8, 4) is 0 Å². The van der Waals surface area contributed by atoms with Gasteiger partial charge in [-0.1, -0.05) is 46.3 Å². The summed E-state index contributed by atoms with van der Waals surface area (Å²) >= 11 is 3.41. The van der Waals surface area contributed by atoms with Gasteiger partial charge < -0.3 is 15.5 Å². The van der Waals surface area contributed by atoms with Crippen molar-refractivity contribution in [2.24, 2.45) is 0 Å². The number of halogens is 1. The zero-order valence-corrected chi connectivity index (χ0v) is 16.4. The van der Waals surface area contributed by atoms with Crippen LogP contribution in [0.2, 0.25) is 0 Å². The number of nitrogens with zero attached hydrogens (tertiary/aromatic N) is 1. The molecule has 3 rings (SSSR count). The number of hydrogen-bond donors (Lipinski definition) is 2. The minimum atomic E-state index is -0.289. The van der Waals surface area contributed by atoms with Crippen LogP contribution in [0.15, 0.2) is 53.0 Å². The second-order valence-electron chi connectivity index (χ2n) is 6.59. The van der Waals surface area contributed by atoms with E-state index in [9.17, 15) is 9.59 Å². The highest BCUT2D eigenvalue weighted by Crippen LogP contribution is 2.26. The Morgan fingerprint density at radius 2 is 1.96 bits per heavy atom. The number of carbonyl (C=O) groups is 2. The Labute approximate surface area is 161 Å². The maximum Gasteiger partial charge on any atom is 0.319 e. The van der Waals surface area contributed by atoms with Crippen LogP contribution >= 0.6 is 15.9 Å². The average Bonchev–Trinajstić information content (AvgIpc) is 2.97. The number of rotatable bonds is 4. The highest BCUT2D eigenvalue weighted by Gasteiger charge is 2.33. The van der Waals surface area contributed by atoms with Gasteiger partial charge in [-0.3, -0.25) is 4.79 Å². The van der Waals surface area contributed by atoms with Crippen LogP contribution in [0.25, 0.3) is 0 Å². The van der Waals surface area contributed by atoms with Gasteiger partial charge >= 0.3 is 6.03 Å². The summed E-state index contributed by atoms with van der Waals surface area (Å²) in [6, 6.07) is 15.1. The van der Waals surface area contributed by atoms with Gasteiger partial charge in [0, 0.05) is 23.1 Å². The molecule has 0 saturated carbocycles. The molecule has 136 valence electrons. The lowest BCUT2D eigenvalue weighted by Crippen LogP contribution is -2.40. The summed E-state index contributed by atoms with van der Waals surface area (Å²) < 4.78 is 0.966. The van der Waals surface area contributed by atoms with Crippen molar-refractivity contribution in [2.75, 3.05) is 11.9 Å². The number of likely N-dealkylation sites (tertiary alicyclic amines) is 1. The first kappa shape index (κ1) is 18.5. The Kier molecular flexibility index (Phi) is 5.61. The number of aryl methyl sites for hydroxylation is 1. The lowest BCUT2D eigenvalue weighted by Gasteiger charge is -2.25. The molecule has 26 heavy (non-hydrogen) atoms. The van der Waals surface area contributed by atoms with E-state index in [0.29, 0.717) is 13.0 Å². The maximum absolute atomic E-state index is 12.4. The molecule has 2 unspecified atom stereocenters. The Morgan fingerprint density at radius 1 is 1.23 bits per heavy atom.